The van der Waals surface area contributed by atoms with E-state index >= 15 is 0 Å². The number of ether oxygens (including phenoxy) is 1. The van der Waals surface area contributed by atoms with Crippen LogP contribution in [0.1, 0.15) is 13.8 Å². The molecule has 1 heterocycles. The quantitative estimate of drug-likeness (QED) is 0.518. The van der Waals surface area contributed by atoms with E-state index in [1.807, 2.05) is 6.07 Å². The molecule has 134 valence electrons. The fraction of sp³-hybridized carbons (Fsp3) is 0.294. The highest BCUT2D eigenvalue weighted by atomic mass is 32.2. The van der Waals surface area contributed by atoms with Crippen LogP contribution in [0.25, 0.3) is 0 Å². The zero-order valence-corrected chi connectivity index (χ0v) is 15.7. The summed E-state index contributed by atoms with van der Waals surface area (Å²) in [4.78, 5) is 15.6. The topological polar surface area (TPSA) is 76.6 Å². The van der Waals surface area contributed by atoms with E-state index in [4.69, 9.17) is 4.74 Å². The van der Waals surface area contributed by atoms with Gasteiger partial charge in [0.1, 0.15) is 4.90 Å². The van der Waals surface area contributed by atoms with E-state index < -0.39 is 10.0 Å². The minimum Gasteiger partial charge on any atom is -0.465 e. The highest BCUT2D eigenvalue weighted by Crippen LogP contribution is 2.24. The SMILES string of the molecule is CCOC(=O)CSc1ccc(S(=O)(=O)N(CC)c2ccccc2)cn1. The van der Waals surface area contributed by atoms with E-state index in [1.165, 1.54) is 28.3 Å². The van der Waals surface area contributed by atoms with Crippen LogP contribution in [-0.2, 0) is 19.6 Å². The number of aromatic nitrogens is 1. The molecular weight excluding hydrogens is 360 g/mol. The number of benzene rings is 1. The van der Waals surface area contributed by atoms with Crippen LogP contribution >= 0.6 is 11.8 Å². The highest BCUT2D eigenvalue weighted by Gasteiger charge is 2.23. The van der Waals surface area contributed by atoms with Gasteiger partial charge in [-0.1, -0.05) is 30.0 Å². The minimum atomic E-state index is -3.69. The van der Waals surface area contributed by atoms with Gasteiger partial charge in [-0.3, -0.25) is 9.10 Å². The van der Waals surface area contributed by atoms with E-state index in [0.717, 1.165) is 0 Å². The third kappa shape index (κ3) is 4.96. The molecule has 0 spiro atoms. The molecule has 0 amide bonds. The Morgan fingerprint density at radius 1 is 1.16 bits per heavy atom. The summed E-state index contributed by atoms with van der Waals surface area (Å²) in [6.07, 6.45) is 1.31. The largest absolute Gasteiger partial charge is 0.465 e. The Bertz CT molecular complexity index is 793. The molecule has 0 saturated heterocycles. The summed E-state index contributed by atoms with van der Waals surface area (Å²) >= 11 is 1.20. The molecule has 1 aromatic carbocycles. The van der Waals surface area contributed by atoms with Crippen LogP contribution < -0.4 is 4.31 Å². The molecule has 0 aliphatic rings. The zero-order valence-electron chi connectivity index (χ0n) is 14.1. The second-order valence-electron chi connectivity index (χ2n) is 4.93. The lowest BCUT2D eigenvalue weighted by Crippen LogP contribution is -2.30. The Labute approximate surface area is 152 Å². The lowest BCUT2D eigenvalue weighted by atomic mass is 10.3. The van der Waals surface area contributed by atoms with Crippen LogP contribution in [0.2, 0.25) is 0 Å². The van der Waals surface area contributed by atoms with Crippen LogP contribution in [0.3, 0.4) is 0 Å². The first-order valence-electron chi connectivity index (χ1n) is 7.81. The molecule has 0 bridgehead atoms. The molecule has 0 saturated carbocycles. The van der Waals surface area contributed by atoms with Gasteiger partial charge in [-0.05, 0) is 38.1 Å². The van der Waals surface area contributed by atoms with Crippen molar-refractivity contribution in [1.82, 2.24) is 4.98 Å². The second kappa shape index (κ2) is 8.87. The van der Waals surface area contributed by atoms with Gasteiger partial charge >= 0.3 is 5.97 Å². The number of thioether (sulfide) groups is 1. The summed E-state index contributed by atoms with van der Waals surface area (Å²) in [7, 11) is -3.69. The standard InChI is InChI=1S/C17H20N2O4S2/c1-3-19(14-8-6-5-7-9-14)25(21,22)15-10-11-16(18-12-15)24-13-17(20)23-4-2/h5-12H,3-4,13H2,1-2H3. The highest BCUT2D eigenvalue weighted by molar-refractivity contribution is 7.99. The molecule has 2 rings (SSSR count). The molecular formula is C17H20N2O4S2. The molecule has 2 aromatic rings. The number of nitrogens with zero attached hydrogens (tertiary/aromatic N) is 2. The van der Waals surface area contributed by atoms with Crippen LogP contribution in [0.4, 0.5) is 5.69 Å². The predicted octanol–water partition coefficient (Wildman–Crippen LogP) is 2.95. The first-order valence-corrected chi connectivity index (χ1v) is 10.2. The van der Waals surface area contributed by atoms with Crippen molar-refractivity contribution in [1.29, 1.82) is 0 Å². The van der Waals surface area contributed by atoms with Gasteiger partial charge in [0.2, 0.25) is 0 Å². The summed E-state index contributed by atoms with van der Waals surface area (Å²) in [5, 5.41) is 0.565. The Kier molecular flexibility index (Phi) is 6.83. The van der Waals surface area contributed by atoms with Crippen molar-refractivity contribution in [3.63, 3.8) is 0 Å². The van der Waals surface area contributed by atoms with Crippen LogP contribution in [0.5, 0.6) is 0 Å². The maximum atomic E-state index is 12.8. The van der Waals surface area contributed by atoms with Gasteiger partial charge < -0.3 is 4.74 Å². The molecule has 0 atom stereocenters. The number of hydrogen-bond donors (Lipinski definition) is 0. The number of carbonyl (C=O) groups is 1. The van der Waals surface area contributed by atoms with Crippen LogP contribution in [0.15, 0.2) is 58.6 Å². The zero-order chi connectivity index (χ0) is 18.3. The molecule has 0 fully saturated rings. The molecule has 1 aromatic heterocycles. The van der Waals surface area contributed by atoms with Crippen LogP contribution in [0, 0.1) is 0 Å². The number of para-hydroxylation sites is 1. The fourth-order valence-corrected chi connectivity index (χ4v) is 4.21. The Morgan fingerprint density at radius 2 is 1.88 bits per heavy atom. The van der Waals surface area contributed by atoms with Crippen LogP contribution in [-0.4, -0.2) is 38.3 Å². The fourth-order valence-electron chi connectivity index (χ4n) is 2.15. The summed E-state index contributed by atoms with van der Waals surface area (Å²) < 4.78 is 31.8. The molecule has 8 heteroatoms. The molecule has 0 aliphatic carbocycles. The molecule has 0 radical (unpaired) electrons. The van der Waals surface area contributed by atoms with Crippen molar-refractivity contribution in [2.45, 2.75) is 23.8 Å². The molecule has 0 aliphatic heterocycles. The summed E-state index contributed by atoms with van der Waals surface area (Å²) in [6.45, 7) is 4.16. The number of pyridine rings is 1. The maximum Gasteiger partial charge on any atom is 0.316 e. The van der Waals surface area contributed by atoms with Gasteiger partial charge in [0.15, 0.2) is 0 Å². The van der Waals surface area contributed by atoms with Gasteiger partial charge in [-0.2, -0.15) is 0 Å². The van der Waals surface area contributed by atoms with E-state index in [1.54, 1.807) is 44.2 Å². The van der Waals surface area contributed by atoms with E-state index in [-0.39, 0.29) is 16.6 Å². The molecule has 0 unspecified atom stereocenters. The number of hydrogen-bond acceptors (Lipinski definition) is 6. The minimum absolute atomic E-state index is 0.110. The smallest absolute Gasteiger partial charge is 0.316 e. The van der Waals surface area contributed by atoms with Crippen molar-refractivity contribution >= 4 is 33.4 Å². The predicted molar refractivity (Wildman–Crippen MR) is 98.2 cm³/mol. The summed E-state index contributed by atoms with van der Waals surface area (Å²) in [5.41, 5.74) is 0.603. The number of rotatable bonds is 8. The van der Waals surface area contributed by atoms with E-state index in [0.29, 0.717) is 23.9 Å². The number of esters is 1. The van der Waals surface area contributed by atoms with Gasteiger partial charge in [0.05, 0.1) is 23.1 Å². The lowest BCUT2D eigenvalue weighted by molar-refractivity contribution is -0.139. The molecule has 6 nitrogen and oxygen atoms in total. The third-order valence-electron chi connectivity index (χ3n) is 3.27. The summed E-state index contributed by atoms with van der Waals surface area (Å²) in [6, 6.07) is 12.0. The van der Waals surface area contributed by atoms with Crippen molar-refractivity contribution in [3.05, 3.63) is 48.7 Å². The molecule has 0 N–H and O–H groups in total. The number of sulfonamides is 1. The first kappa shape index (κ1) is 19.3. The Morgan fingerprint density at radius 3 is 2.44 bits per heavy atom. The monoisotopic (exact) mass is 380 g/mol. The Balaban J connectivity index is 2.15. The van der Waals surface area contributed by atoms with E-state index in [2.05, 4.69) is 4.98 Å². The van der Waals surface area contributed by atoms with Gasteiger partial charge in [-0.25, -0.2) is 13.4 Å². The van der Waals surface area contributed by atoms with Gasteiger partial charge in [0, 0.05) is 12.7 Å². The second-order valence-corrected chi connectivity index (χ2v) is 7.79. The maximum absolute atomic E-state index is 12.8. The van der Waals surface area contributed by atoms with Crippen molar-refractivity contribution in [3.8, 4) is 0 Å². The van der Waals surface area contributed by atoms with Gasteiger partial charge in [-0.15, -0.1) is 0 Å². The van der Waals surface area contributed by atoms with Crippen molar-refractivity contribution < 1.29 is 17.9 Å². The van der Waals surface area contributed by atoms with Crippen molar-refractivity contribution in [2.75, 3.05) is 23.2 Å². The normalized spacial score (nSPS) is 11.1. The number of carbonyl (C=O) groups excluding carboxylic acids is 1. The average Bonchev–Trinajstić information content (AvgIpc) is 2.62. The third-order valence-corrected chi connectivity index (χ3v) is 6.08. The Hall–Kier alpha value is -2.06. The number of anilines is 1. The van der Waals surface area contributed by atoms with Gasteiger partial charge in [0.25, 0.3) is 10.0 Å². The summed E-state index contributed by atoms with van der Waals surface area (Å²) in [5.74, 6) is -0.190. The first-order chi connectivity index (χ1) is 12.0. The van der Waals surface area contributed by atoms with E-state index in [9.17, 15) is 13.2 Å². The molecule has 25 heavy (non-hydrogen) atoms. The average molecular weight is 380 g/mol. The lowest BCUT2D eigenvalue weighted by Gasteiger charge is -2.22. The van der Waals surface area contributed by atoms with Crippen molar-refractivity contribution in [2.24, 2.45) is 0 Å².